The molecule has 8 nitrogen and oxygen atoms in total. The highest BCUT2D eigenvalue weighted by Gasteiger charge is 2.17. The van der Waals surface area contributed by atoms with Crippen LogP contribution in [0.2, 0.25) is 0 Å². The number of carbonyl (C=O) groups excluding carboxylic acids is 1. The van der Waals surface area contributed by atoms with Crippen molar-refractivity contribution in [1.82, 2.24) is 4.90 Å². The summed E-state index contributed by atoms with van der Waals surface area (Å²) in [5.41, 5.74) is 0.602. The summed E-state index contributed by atoms with van der Waals surface area (Å²) in [6, 6.07) is 4.87. The molecular weight excluding hydrogens is 304 g/mol. The van der Waals surface area contributed by atoms with E-state index in [1.807, 2.05) is 0 Å². The molecule has 1 saturated heterocycles. The number of benzene rings is 1. The van der Waals surface area contributed by atoms with Crippen LogP contribution in [0.25, 0.3) is 6.08 Å². The molecule has 0 spiro atoms. The highest BCUT2D eigenvalue weighted by Crippen LogP contribution is 2.28. The summed E-state index contributed by atoms with van der Waals surface area (Å²) >= 11 is 0. The Kier molecular flexibility index (Phi) is 5.93. The Bertz CT molecular complexity index is 596. The summed E-state index contributed by atoms with van der Waals surface area (Å²) in [4.78, 5) is 23.5. The van der Waals surface area contributed by atoms with Gasteiger partial charge in [0.2, 0.25) is 6.20 Å². The van der Waals surface area contributed by atoms with Gasteiger partial charge < -0.3 is 19.1 Å². The number of amides is 1. The molecule has 0 unspecified atom stereocenters. The molecule has 1 amide bonds. The van der Waals surface area contributed by atoms with Gasteiger partial charge in [0.25, 0.3) is 5.91 Å². The molecule has 2 rings (SSSR count). The van der Waals surface area contributed by atoms with Gasteiger partial charge in [-0.25, -0.2) is 0 Å². The second-order valence-electron chi connectivity index (χ2n) is 4.79. The number of hydrogen-bond donors (Lipinski definition) is 0. The fraction of sp³-hybridized carbons (Fsp3) is 0.400. The maximum absolute atomic E-state index is 12.0. The summed E-state index contributed by atoms with van der Waals surface area (Å²) in [6.07, 6.45) is 2.20. The minimum atomic E-state index is -0.544. The van der Waals surface area contributed by atoms with Gasteiger partial charge in [-0.3, -0.25) is 14.9 Å². The molecule has 124 valence electrons. The smallest absolute Gasteiger partial charge is 0.260 e. The Labute approximate surface area is 133 Å². The summed E-state index contributed by atoms with van der Waals surface area (Å²) < 4.78 is 15.9. The van der Waals surface area contributed by atoms with Gasteiger partial charge in [-0.15, -0.1) is 0 Å². The minimum Gasteiger partial charge on any atom is -0.493 e. The van der Waals surface area contributed by atoms with Crippen molar-refractivity contribution in [3.05, 3.63) is 40.1 Å². The standard InChI is InChI=1S/C15H18N2O6/c1-21-14-10-12(4-5-17(19)20)2-3-13(14)23-11-15(18)16-6-8-22-9-7-16/h2-5,10H,6-9,11H2,1H3/b5-4-. The van der Waals surface area contributed by atoms with Crippen molar-refractivity contribution in [2.75, 3.05) is 40.0 Å². The van der Waals surface area contributed by atoms with E-state index in [9.17, 15) is 14.9 Å². The first-order chi connectivity index (χ1) is 11.1. The Morgan fingerprint density at radius 1 is 1.39 bits per heavy atom. The fourth-order valence-corrected chi connectivity index (χ4v) is 2.10. The average molecular weight is 322 g/mol. The fourth-order valence-electron chi connectivity index (χ4n) is 2.10. The highest BCUT2D eigenvalue weighted by molar-refractivity contribution is 5.78. The third-order valence-electron chi connectivity index (χ3n) is 3.29. The Hall–Kier alpha value is -2.61. The predicted molar refractivity (Wildman–Crippen MR) is 81.9 cm³/mol. The molecule has 0 aliphatic carbocycles. The van der Waals surface area contributed by atoms with Gasteiger partial charge in [-0.1, -0.05) is 6.07 Å². The largest absolute Gasteiger partial charge is 0.493 e. The summed E-state index contributed by atoms with van der Waals surface area (Å²) in [7, 11) is 1.47. The maximum Gasteiger partial charge on any atom is 0.260 e. The zero-order valence-electron chi connectivity index (χ0n) is 12.8. The number of rotatable bonds is 6. The molecule has 8 heteroatoms. The van der Waals surface area contributed by atoms with E-state index in [1.165, 1.54) is 13.2 Å². The van der Waals surface area contributed by atoms with Crippen LogP contribution < -0.4 is 9.47 Å². The van der Waals surface area contributed by atoms with Crippen LogP contribution >= 0.6 is 0 Å². The Balaban J connectivity index is 1.98. The molecule has 1 heterocycles. The quantitative estimate of drug-likeness (QED) is 0.577. The number of ether oxygens (including phenoxy) is 3. The summed E-state index contributed by atoms with van der Waals surface area (Å²) in [5.74, 6) is 0.699. The van der Waals surface area contributed by atoms with E-state index in [0.717, 1.165) is 6.20 Å². The number of morpholine rings is 1. The van der Waals surface area contributed by atoms with Gasteiger partial charge in [-0.2, -0.15) is 0 Å². The van der Waals surface area contributed by atoms with Gasteiger partial charge in [0.1, 0.15) is 0 Å². The van der Waals surface area contributed by atoms with Crippen LogP contribution in [-0.2, 0) is 9.53 Å². The van der Waals surface area contributed by atoms with E-state index in [2.05, 4.69) is 0 Å². The number of nitrogens with zero attached hydrogens (tertiary/aromatic N) is 2. The van der Waals surface area contributed by atoms with Crippen LogP contribution in [0.3, 0.4) is 0 Å². The monoisotopic (exact) mass is 322 g/mol. The molecule has 0 saturated carbocycles. The van der Waals surface area contributed by atoms with E-state index < -0.39 is 4.92 Å². The summed E-state index contributed by atoms with van der Waals surface area (Å²) in [6.45, 7) is 2.09. The number of nitro groups is 1. The zero-order chi connectivity index (χ0) is 16.7. The third-order valence-corrected chi connectivity index (χ3v) is 3.29. The lowest BCUT2D eigenvalue weighted by atomic mass is 10.2. The summed E-state index contributed by atoms with van der Waals surface area (Å²) in [5, 5.41) is 10.3. The van der Waals surface area contributed by atoms with Crippen molar-refractivity contribution in [2.45, 2.75) is 0 Å². The normalized spacial score (nSPS) is 14.7. The average Bonchev–Trinajstić information content (AvgIpc) is 2.58. The Morgan fingerprint density at radius 2 is 2.13 bits per heavy atom. The van der Waals surface area contributed by atoms with Crippen LogP contribution in [0, 0.1) is 10.1 Å². The topological polar surface area (TPSA) is 91.1 Å². The van der Waals surface area contributed by atoms with E-state index >= 15 is 0 Å². The second kappa shape index (κ2) is 8.14. The van der Waals surface area contributed by atoms with Gasteiger partial charge in [0.15, 0.2) is 18.1 Å². The minimum absolute atomic E-state index is 0.0968. The number of methoxy groups -OCH3 is 1. The zero-order valence-corrected chi connectivity index (χ0v) is 12.8. The SMILES string of the molecule is COc1cc(/C=C\[N+](=O)[O-])ccc1OCC(=O)N1CCOCC1. The van der Waals surface area contributed by atoms with Crippen molar-refractivity contribution in [3.8, 4) is 11.5 Å². The first kappa shape index (κ1) is 16.8. The van der Waals surface area contributed by atoms with E-state index in [0.29, 0.717) is 43.4 Å². The van der Waals surface area contributed by atoms with Crippen molar-refractivity contribution in [1.29, 1.82) is 0 Å². The van der Waals surface area contributed by atoms with Crippen molar-refractivity contribution in [2.24, 2.45) is 0 Å². The molecule has 1 aliphatic rings. The maximum atomic E-state index is 12.0. The molecule has 0 radical (unpaired) electrons. The molecule has 0 bridgehead atoms. The van der Waals surface area contributed by atoms with E-state index in [1.54, 1.807) is 23.1 Å². The van der Waals surface area contributed by atoms with E-state index in [-0.39, 0.29) is 12.5 Å². The van der Waals surface area contributed by atoms with E-state index in [4.69, 9.17) is 14.2 Å². The van der Waals surface area contributed by atoms with Gasteiger partial charge in [0.05, 0.1) is 25.2 Å². The van der Waals surface area contributed by atoms with Gasteiger partial charge in [0, 0.05) is 19.2 Å². The molecule has 23 heavy (non-hydrogen) atoms. The van der Waals surface area contributed by atoms with Crippen molar-refractivity contribution in [3.63, 3.8) is 0 Å². The van der Waals surface area contributed by atoms with Crippen LogP contribution in [0.5, 0.6) is 11.5 Å². The highest BCUT2D eigenvalue weighted by atomic mass is 16.6. The van der Waals surface area contributed by atoms with Gasteiger partial charge in [-0.05, 0) is 17.7 Å². The molecule has 0 N–H and O–H groups in total. The molecule has 1 aromatic rings. The first-order valence-electron chi connectivity index (χ1n) is 7.08. The molecule has 0 aromatic heterocycles. The van der Waals surface area contributed by atoms with Crippen LogP contribution in [0.4, 0.5) is 0 Å². The lowest BCUT2D eigenvalue weighted by Crippen LogP contribution is -2.43. The van der Waals surface area contributed by atoms with Crippen LogP contribution in [-0.4, -0.2) is 55.8 Å². The first-order valence-corrected chi connectivity index (χ1v) is 7.08. The lowest BCUT2D eigenvalue weighted by molar-refractivity contribution is -0.400. The lowest BCUT2D eigenvalue weighted by Gasteiger charge is -2.26. The number of hydrogen-bond acceptors (Lipinski definition) is 6. The molecule has 0 atom stereocenters. The van der Waals surface area contributed by atoms with Crippen molar-refractivity contribution >= 4 is 12.0 Å². The van der Waals surface area contributed by atoms with Crippen LogP contribution in [0.1, 0.15) is 5.56 Å². The number of carbonyl (C=O) groups is 1. The Morgan fingerprint density at radius 3 is 2.78 bits per heavy atom. The van der Waals surface area contributed by atoms with Gasteiger partial charge >= 0.3 is 0 Å². The molecule has 1 aromatic carbocycles. The third kappa shape index (κ3) is 4.96. The molecular formula is C15H18N2O6. The molecule has 1 fully saturated rings. The second-order valence-corrected chi connectivity index (χ2v) is 4.79. The van der Waals surface area contributed by atoms with Crippen molar-refractivity contribution < 1.29 is 23.9 Å². The molecule has 1 aliphatic heterocycles. The predicted octanol–water partition coefficient (Wildman–Crippen LogP) is 1.18. The van der Waals surface area contributed by atoms with Crippen LogP contribution in [0.15, 0.2) is 24.4 Å².